The highest BCUT2D eigenvalue weighted by molar-refractivity contribution is 7.88. The van der Waals surface area contributed by atoms with Crippen molar-refractivity contribution in [3.8, 4) is 0 Å². The molecule has 0 aliphatic carbocycles. The van der Waals surface area contributed by atoms with Gasteiger partial charge in [0.15, 0.2) is 0 Å². The van der Waals surface area contributed by atoms with Gasteiger partial charge in [-0.1, -0.05) is 5.16 Å². The average Bonchev–Trinajstić information content (AvgIpc) is 2.95. The molecule has 1 amide bonds. The van der Waals surface area contributed by atoms with Crippen LogP contribution in [0.5, 0.6) is 0 Å². The van der Waals surface area contributed by atoms with Crippen molar-refractivity contribution >= 4 is 15.9 Å². The minimum atomic E-state index is -3.30. The minimum absolute atomic E-state index is 0.157. The van der Waals surface area contributed by atoms with Crippen molar-refractivity contribution in [2.75, 3.05) is 32.6 Å². The van der Waals surface area contributed by atoms with Gasteiger partial charge in [-0.2, -0.15) is 0 Å². The standard InChI is InChI=1S/C15H23N3O5S/c1-11-9-12(23-16-11)14(19)18-6-3-15(4-7-18)5-8-22-10-13(15)17-24(2,20)21/h9,13,17H,3-8,10H2,1-2H3/t13-/m1/s1. The Bertz CT molecular complexity index is 706. The summed E-state index contributed by atoms with van der Waals surface area (Å²) in [5.74, 6) is 0.0892. The van der Waals surface area contributed by atoms with Crippen LogP contribution in [0, 0.1) is 12.3 Å². The van der Waals surface area contributed by atoms with Crippen LogP contribution in [-0.2, 0) is 14.8 Å². The number of hydrogen-bond donors (Lipinski definition) is 1. The molecule has 1 aromatic heterocycles. The van der Waals surface area contributed by atoms with E-state index in [4.69, 9.17) is 9.26 Å². The summed E-state index contributed by atoms with van der Waals surface area (Å²) in [7, 11) is -3.30. The zero-order valence-corrected chi connectivity index (χ0v) is 14.8. The number of amides is 1. The van der Waals surface area contributed by atoms with Crippen molar-refractivity contribution in [3.05, 3.63) is 17.5 Å². The van der Waals surface area contributed by atoms with Gasteiger partial charge in [0.05, 0.1) is 24.6 Å². The summed E-state index contributed by atoms with van der Waals surface area (Å²) >= 11 is 0. The van der Waals surface area contributed by atoms with Crippen LogP contribution in [0.15, 0.2) is 10.6 Å². The molecule has 1 spiro atoms. The first-order valence-electron chi connectivity index (χ1n) is 8.07. The summed E-state index contributed by atoms with van der Waals surface area (Å²) in [6.07, 6.45) is 3.44. The Kier molecular flexibility index (Phi) is 4.67. The van der Waals surface area contributed by atoms with Gasteiger partial charge >= 0.3 is 0 Å². The van der Waals surface area contributed by atoms with Crippen molar-refractivity contribution < 1.29 is 22.5 Å². The van der Waals surface area contributed by atoms with Gasteiger partial charge in [0.1, 0.15) is 0 Å². The lowest BCUT2D eigenvalue weighted by Crippen LogP contribution is -2.57. The largest absolute Gasteiger partial charge is 0.380 e. The van der Waals surface area contributed by atoms with Gasteiger partial charge < -0.3 is 14.2 Å². The maximum Gasteiger partial charge on any atom is 0.292 e. The van der Waals surface area contributed by atoms with E-state index < -0.39 is 10.0 Å². The lowest BCUT2D eigenvalue weighted by atomic mass is 9.69. The predicted molar refractivity (Wildman–Crippen MR) is 86.0 cm³/mol. The third kappa shape index (κ3) is 3.62. The Balaban J connectivity index is 1.69. The van der Waals surface area contributed by atoms with Gasteiger partial charge in [-0.05, 0) is 31.6 Å². The molecule has 9 heteroatoms. The number of aryl methyl sites for hydroxylation is 1. The van der Waals surface area contributed by atoms with Gasteiger partial charge in [-0.3, -0.25) is 4.79 Å². The fourth-order valence-corrected chi connectivity index (χ4v) is 4.45. The van der Waals surface area contributed by atoms with Crippen molar-refractivity contribution in [1.82, 2.24) is 14.8 Å². The topological polar surface area (TPSA) is 102 Å². The Morgan fingerprint density at radius 2 is 2.08 bits per heavy atom. The molecule has 2 aliphatic rings. The van der Waals surface area contributed by atoms with Crippen LogP contribution in [0.4, 0.5) is 0 Å². The van der Waals surface area contributed by atoms with Crippen LogP contribution in [0.1, 0.15) is 35.5 Å². The number of hydrogen-bond acceptors (Lipinski definition) is 6. The fourth-order valence-electron chi connectivity index (χ4n) is 3.62. The molecule has 134 valence electrons. The molecule has 0 radical (unpaired) electrons. The maximum absolute atomic E-state index is 12.5. The average molecular weight is 357 g/mol. The van der Waals surface area contributed by atoms with Crippen LogP contribution < -0.4 is 4.72 Å². The van der Waals surface area contributed by atoms with E-state index in [1.165, 1.54) is 6.26 Å². The molecular formula is C15H23N3O5S. The number of likely N-dealkylation sites (tertiary alicyclic amines) is 1. The van der Waals surface area contributed by atoms with E-state index in [1.807, 2.05) is 0 Å². The molecule has 0 saturated carbocycles. The molecule has 2 aliphatic heterocycles. The number of nitrogens with one attached hydrogen (secondary N) is 1. The number of aromatic nitrogens is 1. The van der Waals surface area contributed by atoms with Crippen LogP contribution in [-0.4, -0.2) is 63.0 Å². The molecule has 0 unspecified atom stereocenters. The van der Waals surface area contributed by atoms with E-state index in [-0.39, 0.29) is 23.1 Å². The summed E-state index contributed by atoms with van der Waals surface area (Å²) in [6.45, 7) is 3.91. The monoisotopic (exact) mass is 357 g/mol. The lowest BCUT2D eigenvalue weighted by Gasteiger charge is -2.48. The van der Waals surface area contributed by atoms with E-state index >= 15 is 0 Å². The zero-order valence-electron chi connectivity index (χ0n) is 13.9. The van der Waals surface area contributed by atoms with Gasteiger partial charge in [0, 0.05) is 25.8 Å². The third-order valence-electron chi connectivity index (χ3n) is 5.01. The van der Waals surface area contributed by atoms with Gasteiger partial charge in [-0.25, -0.2) is 13.1 Å². The van der Waals surface area contributed by atoms with Crippen molar-refractivity contribution in [2.24, 2.45) is 5.41 Å². The molecule has 2 saturated heterocycles. The highest BCUT2D eigenvalue weighted by Gasteiger charge is 2.45. The number of sulfonamides is 1. The molecule has 1 atom stereocenters. The summed E-state index contributed by atoms with van der Waals surface area (Å²) < 4.78 is 36.5. The Morgan fingerprint density at radius 3 is 2.67 bits per heavy atom. The van der Waals surface area contributed by atoms with Crippen LogP contribution in [0.25, 0.3) is 0 Å². The zero-order chi connectivity index (χ0) is 17.4. The molecular weight excluding hydrogens is 334 g/mol. The molecule has 24 heavy (non-hydrogen) atoms. The Morgan fingerprint density at radius 1 is 1.38 bits per heavy atom. The maximum atomic E-state index is 12.5. The lowest BCUT2D eigenvalue weighted by molar-refractivity contribution is -0.0404. The Labute approximate surface area is 141 Å². The molecule has 0 bridgehead atoms. The molecule has 8 nitrogen and oxygen atoms in total. The van der Waals surface area contributed by atoms with Crippen molar-refractivity contribution in [2.45, 2.75) is 32.2 Å². The summed E-state index contributed by atoms with van der Waals surface area (Å²) in [5.41, 5.74) is 0.517. The molecule has 3 heterocycles. The molecule has 2 fully saturated rings. The first-order valence-corrected chi connectivity index (χ1v) is 9.96. The van der Waals surface area contributed by atoms with E-state index in [9.17, 15) is 13.2 Å². The minimum Gasteiger partial charge on any atom is -0.380 e. The summed E-state index contributed by atoms with van der Waals surface area (Å²) in [6, 6.07) is 1.39. The highest BCUT2D eigenvalue weighted by Crippen LogP contribution is 2.41. The van der Waals surface area contributed by atoms with E-state index in [0.29, 0.717) is 32.0 Å². The quantitative estimate of drug-likeness (QED) is 0.847. The van der Waals surface area contributed by atoms with Crippen LogP contribution in [0.2, 0.25) is 0 Å². The molecule has 0 aromatic carbocycles. The van der Waals surface area contributed by atoms with Crippen LogP contribution >= 0.6 is 0 Å². The fraction of sp³-hybridized carbons (Fsp3) is 0.733. The number of carbonyl (C=O) groups excluding carboxylic acids is 1. The number of piperidine rings is 1. The van der Waals surface area contributed by atoms with E-state index in [0.717, 1.165) is 19.3 Å². The molecule has 3 rings (SSSR count). The van der Waals surface area contributed by atoms with Crippen molar-refractivity contribution in [3.63, 3.8) is 0 Å². The SMILES string of the molecule is Cc1cc(C(=O)N2CCC3(CCOC[C@H]3NS(C)(=O)=O)CC2)on1. The first-order chi connectivity index (χ1) is 11.3. The predicted octanol–water partition coefficient (Wildman–Crippen LogP) is 0.544. The first kappa shape index (κ1) is 17.4. The smallest absolute Gasteiger partial charge is 0.292 e. The number of carbonyl (C=O) groups is 1. The van der Waals surface area contributed by atoms with E-state index in [2.05, 4.69) is 9.88 Å². The van der Waals surface area contributed by atoms with E-state index in [1.54, 1.807) is 17.9 Å². The second-order valence-corrected chi connectivity index (χ2v) is 8.53. The second-order valence-electron chi connectivity index (χ2n) is 6.75. The van der Waals surface area contributed by atoms with Crippen LogP contribution in [0.3, 0.4) is 0 Å². The summed E-state index contributed by atoms with van der Waals surface area (Å²) in [5, 5.41) is 3.75. The Hall–Kier alpha value is -1.45. The second kappa shape index (κ2) is 6.45. The van der Waals surface area contributed by atoms with Gasteiger partial charge in [0.2, 0.25) is 15.8 Å². The molecule has 1 N–H and O–H groups in total. The normalized spacial score (nSPS) is 24.2. The third-order valence-corrected chi connectivity index (χ3v) is 5.72. The summed E-state index contributed by atoms with van der Waals surface area (Å²) in [4.78, 5) is 14.2. The number of ether oxygens (including phenoxy) is 1. The van der Waals surface area contributed by atoms with Gasteiger partial charge in [-0.15, -0.1) is 0 Å². The van der Waals surface area contributed by atoms with Crippen molar-refractivity contribution in [1.29, 1.82) is 0 Å². The number of rotatable bonds is 3. The number of nitrogens with zero attached hydrogens (tertiary/aromatic N) is 2. The van der Waals surface area contributed by atoms with Gasteiger partial charge in [0.25, 0.3) is 5.91 Å². The molecule has 1 aromatic rings. The highest BCUT2D eigenvalue weighted by atomic mass is 32.2.